The van der Waals surface area contributed by atoms with E-state index in [9.17, 15) is 0 Å². The molecule has 1 aliphatic heterocycles. The molecule has 0 saturated carbocycles. The van der Waals surface area contributed by atoms with Crippen molar-refractivity contribution in [2.24, 2.45) is 5.73 Å². The van der Waals surface area contributed by atoms with Crippen LogP contribution >= 0.6 is 15.9 Å². The standard InChI is InChI=1S/C16H25BrN2O2/c1-16(21-3)7-4-8-19(11-16)15(10-18)13-9-12(20-2)5-6-14(13)17/h5-6,9,15H,4,7-8,10-11,18H2,1-3H3. The summed E-state index contributed by atoms with van der Waals surface area (Å²) < 4.78 is 12.1. The molecule has 1 aromatic rings. The SMILES string of the molecule is COc1ccc(Br)c(C(CN)N2CCCC(C)(OC)C2)c1. The van der Waals surface area contributed by atoms with Crippen molar-refractivity contribution in [3.63, 3.8) is 0 Å². The lowest BCUT2D eigenvalue weighted by Gasteiger charge is -2.43. The first-order chi connectivity index (χ1) is 10.0. The third kappa shape index (κ3) is 3.77. The topological polar surface area (TPSA) is 47.7 Å². The molecule has 118 valence electrons. The van der Waals surface area contributed by atoms with Gasteiger partial charge in [0.15, 0.2) is 0 Å². The summed E-state index contributed by atoms with van der Waals surface area (Å²) in [5, 5.41) is 0. The van der Waals surface area contributed by atoms with Crippen LogP contribution in [0.1, 0.15) is 31.4 Å². The average Bonchev–Trinajstić information content (AvgIpc) is 2.50. The Balaban J connectivity index is 2.27. The third-order valence-corrected chi connectivity index (χ3v) is 5.13. The molecule has 2 rings (SSSR count). The Morgan fingerprint density at radius 3 is 2.81 bits per heavy atom. The maximum absolute atomic E-state index is 6.08. The van der Waals surface area contributed by atoms with Crippen LogP contribution in [-0.4, -0.2) is 44.4 Å². The molecule has 0 radical (unpaired) electrons. The number of piperidine rings is 1. The molecule has 1 fully saturated rings. The van der Waals surface area contributed by atoms with E-state index < -0.39 is 0 Å². The monoisotopic (exact) mass is 356 g/mol. The Bertz CT molecular complexity index is 483. The van der Waals surface area contributed by atoms with E-state index in [1.54, 1.807) is 14.2 Å². The first-order valence-electron chi connectivity index (χ1n) is 7.35. The van der Waals surface area contributed by atoms with Crippen LogP contribution in [0.15, 0.2) is 22.7 Å². The Labute approximate surface area is 135 Å². The van der Waals surface area contributed by atoms with Crippen molar-refractivity contribution < 1.29 is 9.47 Å². The molecular weight excluding hydrogens is 332 g/mol. The van der Waals surface area contributed by atoms with Gasteiger partial charge in [-0.2, -0.15) is 0 Å². The number of ether oxygens (including phenoxy) is 2. The predicted molar refractivity (Wildman–Crippen MR) is 88.7 cm³/mol. The van der Waals surface area contributed by atoms with Crippen molar-refractivity contribution in [1.29, 1.82) is 0 Å². The molecule has 2 unspecified atom stereocenters. The predicted octanol–water partition coefficient (Wildman–Crippen LogP) is 2.96. The Morgan fingerprint density at radius 2 is 2.19 bits per heavy atom. The van der Waals surface area contributed by atoms with Gasteiger partial charge in [-0.05, 0) is 50.1 Å². The summed E-state index contributed by atoms with van der Waals surface area (Å²) in [5.41, 5.74) is 7.17. The fourth-order valence-corrected chi connectivity index (χ4v) is 3.56. The zero-order valence-corrected chi connectivity index (χ0v) is 14.6. The number of halogens is 1. The van der Waals surface area contributed by atoms with Gasteiger partial charge in [0.05, 0.1) is 12.7 Å². The summed E-state index contributed by atoms with van der Waals surface area (Å²) in [5.74, 6) is 0.859. The van der Waals surface area contributed by atoms with Crippen LogP contribution in [0.2, 0.25) is 0 Å². The van der Waals surface area contributed by atoms with Crippen LogP contribution in [0.5, 0.6) is 5.75 Å². The fraction of sp³-hybridized carbons (Fsp3) is 0.625. The quantitative estimate of drug-likeness (QED) is 0.880. The molecule has 0 spiro atoms. The Kier molecular flexibility index (Phi) is 5.66. The van der Waals surface area contributed by atoms with Crippen LogP contribution in [0, 0.1) is 0 Å². The minimum absolute atomic E-state index is 0.0863. The molecule has 4 nitrogen and oxygen atoms in total. The minimum Gasteiger partial charge on any atom is -0.497 e. The van der Waals surface area contributed by atoms with E-state index >= 15 is 0 Å². The van der Waals surface area contributed by atoms with Crippen LogP contribution in [-0.2, 0) is 4.74 Å². The summed E-state index contributed by atoms with van der Waals surface area (Å²) in [6.45, 7) is 4.69. The number of hydrogen-bond donors (Lipinski definition) is 1. The lowest BCUT2D eigenvalue weighted by molar-refractivity contribution is -0.0609. The number of nitrogens with zero attached hydrogens (tertiary/aromatic N) is 1. The molecule has 5 heteroatoms. The van der Waals surface area contributed by atoms with Gasteiger partial charge < -0.3 is 15.2 Å². The highest BCUT2D eigenvalue weighted by atomic mass is 79.9. The Hall–Kier alpha value is -0.620. The largest absolute Gasteiger partial charge is 0.497 e. The molecule has 0 aliphatic carbocycles. The summed E-state index contributed by atoms with van der Waals surface area (Å²) in [4.78, 5) is 2.42. The zero-order chi connectivity index (χ0) is 15.5. The van der Waals surface area contributed by atoms with Gasteiger partial charge in [0.1, 0.15) is 5.75 Å². The number of likely N-dealkylation sites (tertiary alicyclic amines) is 1. The second kappa shape index (κ2) is 7.09. The van der Waals surface area contributed by atoms with E-state index in [4.69, 9.17) is 15.2 Å². The molecule has 2 atom stereocenters. The molecule has 21 heavy (non-hydrogen) atoms. The first-order valence-corrected chi connectivity index (χ1v) is 8.15. The minimum atomic E-state index is -0.0863. The number of nitrogens with two attached hydrogens (primary N) is 1. The van der Waals surface area contributed by atoms with E-state index in [1.807, 2.05) is 12.1 Å². The second-order valence-electron chi connectivity index (χ2n) is 5.87. The smallest absolute Gasteiger partial charge is 0.119 e. The molecule has 0 bridgehead atoms. The van der Waals surface area contributed by atoms with E-state index in [1.165, 1.54) is 5.56 Å². The number of hydrogen-bond acceptors (Lipinski definition) is 4. The highest BCUT2D eigenvalue weighted by molar-refractivity contribution is 9.10. The highest BCUT2D eigenvalue weighted by Crippen LogP contribution is 2.34. The Morgan fingerprint density at radius 1 is 1.43 bits per heavy atom. The van der Waals surface area contributed by atoms with Gasteiger partial charge in [-0.25, -0.2) is 0 Å². The summed E-state index contributed by atoms with van der Waals surface area (Å²) >= 11 is 3.64. The molecule has 1 aliphatic rings. The van der Waals surface area contributed by atoms with Gasteiger partial charge in [-0.15, -0.1) is 0 Å². The van der Waals surface area contributed by atoms with Crippen molar-refractivity contribution in [1.82, 2.24) is 4.90 Å². The number of benzene rings is 1. The fourth-order valence-electron chi connectivity index (χ4n) is 3.05. The number of rotatable bonds is 5. The van der Waals surface area contributed by atoms with Crippen LogP contribution in [0.25, 0.3) is 0 Å². The number of methoxy groups -OCH3 is 2. The summed E-state index contributed by atoms with van der Waals surface area (Å²) in [6.07, 6.45) is 2.22. The molecule has 2 N–H and O–H groups in total. The van der Waals surface area contributed by atoms with Crippen LogP contribution in [0.3, 0.4) is 0 Å². The summed E-state index contributed by atoms with van der Waals surface area (Å²) in [6, 6.07) is 6.22. The third-order valence-electron chi connectivity index (χ3n) is 4.41. The molecular formula is C16H25BrN2O2. The molecule has 0 aromatic heterocycles. The maximum Gasteiger partial charge on any atom is 0.119 e. The molecule has 1 aromatic carbocycles. The van der Waals surface area contributed by atoms with Gasteiger partial charge in [0.25, 0.3) is 0 Å². The molecule has 1 heterocycles. The van der Waals surface area contributed by atoms with Gasteiger partial charge in [-0.3, -0.25) is 4.90 Å². The van der Waals surface area contributed by atoms with Gasteiger partial charge in [0.2, 0.25) is 0 Å². The van der Waals surface area contributed by atoms with Crippen molar-refractivity contribution in [3.05, 3.63) is 28.2 Å². The van der Waals surface area contributed by atoms with E-state index in [0.717, 1.165) is 36.2 Å². The molecule has 1 saturated heterocycles. The molecule has 0 amide bonds. The first kappa shape index (κ1) is 16.7. The van der Waals surface area contributed by atoms with Crippen LogP contribution in [0.4, 0.5) is 0 Å². The van der Waals surface area contributed by atoms with Gasteiger partial charge in [0, 0.05) is 30.7 Å². The zero-order valence-electron chi connectivity index (χ0n) is 13.1. The van der Waals surface area contributed by atoms with Crippen LogP contribution < -0.4 is 10.5 Å². The van der Waals surface area contributed by atoms with Gasteiger partial charge in [-0.1, -0.05) is 15.9 Å². The van der Waals surface area contributed by atoms with Crippen molar-refractivity contribution >= 4 is 15.9 Å². The van der Waals surface area contributed by atoms with E-state index in [-0.39, 0.29) is 11.6 Å². The van der Waals surface area contributed by atoms with Gasteiger partial charge >= 0.3 is 0 Å². The summed E-state index contributed by atoms with van der Waals surface area (Å²) in [7, 11) is 3.48. The average molecular weight is 357 g/mol. The van der Waals surface area contributed by atoms with E-state index in [2.05, 4.69) is 33.8 Å². The van der Waals surface area contributed by atoms with Crippen molar-refractivity contribution in [2.75, 3.05) is 33.9 Å². The van der Waals surface area contributed by atoms with Crippen molar-refractivity contribution in [2.45, 2.75) is 31.4 Å². The van der Waals surface area contributed by atoms with E-state index in [0.29, 0.717) is 6.54 Å². The lowest BCUT2D eigenvalue weighted by Crippen LogP contribution is -2.50. The maximum atomic E-state index is 6.08. The normalized spacial score (nSPS) is 24.8. The second-order valence-corrected chi connectivity index (χ2v) is 6.72. The lowest BCUT2D eigenvalue weighted by atomic mass is 9.92. The van der Waals surface area contributed by atoms with Crippen molar-refractivity contribution in [3.8, 4) is 5.75 Å². The highest BCUT2D eigenvalue weighted by Gasteiger charge is 2.34.